The Kier molecular flexibility index (Phi) is 5.86. The van der Waals surface area contributed by atoms with E-state index in [1.807, 2.05) is 24.3 Å². The van der Waals surface area contributed by atoms with Gasteiger partial charge in [-0.1, -0.05) is 32.0 Å². The van der Waals surface area contributed by atoms with Gasteiger partial charge in [-0.2, -0.15) is 0 Å². The van der Waals surface area contributed by atoms with Crippen molar-refractivity contribution >= 4 is 0 Å². The third kappa shape index (κ3) is 4.80. The summed E-state index contributed by atoms with van der Waals surface area (Å²) in [7, 11) is 0. The Morgan fingerprint density at radius 1 is 1.30 bits per heavy atom. The van der Waals surface area contributed by atoms with Gasteiger partial charge in [0, 0.05) is 31.2 Å². The number of hydrogen-bond donors (Lipinski definition) is 1. The Morgan fingerprint density at radius 3 is 2.70 bits per heavy atom. The van der Waals surface area contributed by atoms with Crippen molar-refractivity contribution in [1.29, 1.82) is 0 Å². The van der Waals surface area contributed by atoms with Crippen LogP contribution in [0.4, 0.5) is 0 Å². The van der Waals surface area contributed by atoms with Gasteiger partial charge in [0.2, 0.25) is 0 Å². The summed E-state index contributed by atoms with van der Waals surface area (Å²) in [4.78, 5) is 2.63. The molecule has 20 heavy (non-hydrogen) atoms. The molecule has 3 heteroatoms. The lowest BCUT2D eigenvalue weighted by molar-refractivity contribution is 0.207. The molecular formula is C17H28N2O. The zero-order valence-corrected chi connectivity index (χ0v) is 12.8. The number of para-hydroxylation sites is 1. The molecule has 1 fully saturated rings. The van der Waals surface area contributed by atoms with E-state index in [9.17, 15) is 0 Å². The largest absolute Gasteiger partial charge is 0.493 e. The highest BCUT2D eigenvalue weighted by Crippen LogP contribution is 2.27. The Labute approximate surface area is 123 Å². The Morgan fingerprint density at radius 2 is 2.05 bits per heavy atom. The average molecular weight is 276 g/mol. The highest BCUT2D eigenvalue weighted by molar-refractivity contribution is 5.32. The molecule has 1 aromatic carbocycles. The third-order valence-electron chi connectivity index (χ3n) is 3.70. The minimum atomic E-state index is 0.539. The van der Waals surface area contributed by atoms with E-state index in [2.05, 4.69) is 18.7 Å². The predicted octanol–water partition coefficient (Wildman–Crippen LogP) is 3.03. The van der Waals surface area contributed by atoms with E-state index < -0.39 is 0 Å². The molecule has 0 amide bonds. The lowest BCUT2D eigenvalue weighted by atomic mass is 10.2. The van der Waals surface area contributed by atoms with Crippen LogP contribution in [0, 0.1) is 5.92 Å². The van der Waals surface area contributed by atoms with Crippen LogP contribution in [0.15, 0.2) is 24.3 Å². The minimum Gasteiger partial charge on any atom is -0.493 e. The topological polar surface area (TPSA) is 38.5 Å². The molecule has 1 aromatic rings. The van der Waals surface area contributed by atoms with E-state index in [0.717, 1.165) is 42.8 Å². The molecule has 2 rings (SSSR count). The maximum Gasteiger partial charge on any atom is 0.123 e. The molecule has 0 bridgehead atoms. The first-order valence-corrected chi connectivity index (χ1v) is 7.85. The van der Waals surface area contributed by atoms with Gasteiger partial charge in [-0.15, -0.1) is 0 Å². The van der Waals surface area contributed by atoms with Crippen molar-refractivity contribution in [2.45, 2.75) is 45.7 Å². The molecule has 0 heterocycles. The zero-order chi connectivity index (χ0) is 14.4. The molecule has 1 aliphatic carbocycles. The summed E-state index contributed by atoms with van der Waals surface area (Å²) >= 11 is 0. The van der Waals surface area contributed by atoms with Gasteiger partial charge in [-0.3, -0.25) is 0 Å². The van der Waals surface area contributed by atoms with E-state index in [1.165, 1.54) is 19.4 Å². The fourth-order valence-electron chi connectivity index (χ4n) is 2.59. The van der Waals surface area contributed by atoms with Gasteiger partial charge >= 0.3 is 0 Å². The number of ether oxygens (including phenoxy) is 1. The monoisotopic (exact) mass is 276 g/mol. The van der Waals surface area contributed by atoms with Crippen LogP contribution in [0.25, 0.3) is 0 Å². The van der Waals surface area contributed by atoms with Crippen molar-refractivity contribution in [3.63, 3.8) is 0 Å². The van der Waals surface area contributed by atoms with E-state index in [1.54, 1.807) is 0 Å². The van der Waals surface area contributed by atoms with Gasteiger partial charge in [-0.05, 0) is 31.2 Å². The predicted molar refractivity (Wildman–Crippen MR) is 83.9 cm³/mol. The van der Waals surface area contributed by atoms with Crippen molar-refractivity contribution in [2.24, 2.45) is 11.7 Å². The molecule has 0 aromatic heterocycles. The van der Waals surface area contributed by atoms with Gasteiger partial charge in [-0.25, -0.2) is 0 Å². The first-order chi connectivity index (χ1) is 9.70. The summed E-state index contributed by atoms with van der Waals surface area (Å²) < 4.78 is 5.88. The van der Waals surface area contributed by atoms with Crippen molar-refractivity contribution in [1.82, 2.24) is 4.90 Å². The smallest absolute Gasteiger partial charge is 0.123 e. The molecule has 0 saturated heterocycles. The second-order valence-electron chi connectivity index (χ2n) is 6.13. The maximum atomic E-state index is 5.88. The van der Waals surface area contributed by atoms with Crippen LogP contribution < -0.4 is 10.5 Å². The molecule has 0 radical (unpaired) electrons. The molecule has 1 saturated carbocycles. The van der Waals surface area contributed by atoms with E-state index >= 15 is 0 Å². The fraction of sp³-hybridized carbons (Fsp3) is 0.647. The summed E-state index contributed by atoms with van der Waals surface area (Å²) in [6.45, 7) is 8.26. The van der Waals surface area contributed by atoms with E-state index in [4.69, 9.17) is 10.5 Å². The normalized spacial score (nSPS) is 15.1. The quantitative estimate of drug-likeness (QED) is 0.705. The number of nitrogens with zero attached hydrogens (tertiary/aromatic N) is 1. The Bertz CT molecular complexity index is 402. The summed E-state index contributed by atoms with van der Waals surface area (Å²) in [5, 5.41) is 0. The Balaban J connectivity index is 1.72. The summed E-state index contributed by atoms with van der Waals surface area (Å²) in [6, 6.07) is 8.89. The summed E-state index contributed by atoms with van der Waals surface area (Å²) in [5.74, 6) is 1.69. The standard InChI is InChI=1S/C17H28N2O/c1-14(2)13-19(16-8-9-16)10-5-11-20-17-7-4-3-6-15(17)12-18/h3-4,6-7,14,16H,5,8-13,18H2,1-2H3. The van der Waals surface area contributed by atoms with Gasteiger partial charge in [0.25, 0.3) is 0 Å². The fourth-order valence-corrected chi connectivity index (χ4v) is 2.59. The number of benzene rings is 1. The molecule has 0 atom stereocenters. The van der Waals surface area contributed by atoms with E-state index in [-0.39, 0.29) is 0 Å². The second-order valence-corrected chi connectivity index (χ2v) is 6.13. The molecule has 0 aliphatic heterocycles. The van der Waals surface area contributed by atoms with Crippen LogP contribution in [-0.4, -0.2) is 30.6 Å². The third-order valence-corrected chi connectivity index (χ3v) is 3.70. The zero-order valence-electron chi connectivity index (χ0n) is 12.8. The van der Waals surface area contributed by atoms with Crippen LogP contribution >= 0.6 is 0 Å². The van der Waals surface area contributed by atoms with Gasteiger partial charge in [0.1, 0.15) is 5.75 Å². The van der Waals surface area contributed by atoms with E-state index in [0.29, 0.717) is 6.54 Å². The van der Waals surface area contributed by atoms with Gasteiger partial charge in [0.15, 0.2) is 0 Å². The van der Waals surface area contributed by atoms with Crippen LogP contribution in [0.1, 0.15) is 38.7 Å². The van der Waals surface area contributed by atoms with Crippen LogP contribution in [0.2, 0.25) is 0 Å². The average Bonchev–Trinajstić information content (AvgIpc) is 3.26. The minimum absolute atomic E-state index is 0.539. The molecule has 3 nitrogen and oxygen atoms in total. The molecular weight excluding hydrogens is 248 g/mol. The van der Waals surface area contributed by atoms with Crippen molar-refractivity contribution in [2.75, 3.05) is 19.7 Å². The molecule has 2 N–H and O–H groups in total. The molecule has 1 aliphatic rings. The van der Waals surface area contributed by atoms with Crippen LogP contribution in [0.3, 0.4) is 0 Å². The SMILES string of the molecule is CC(C)CN(CCCOc1ccccc1CN)C1CC1. The van der Waals surface area contributed by atoms with Crippen molar-refractivity contribution in [3.8, 4) is 5.75 Å². The maximum absolute atomic E-state index is 5.88. The molecule has 0 spiro atoms. The van der Waals surface area contributed by atoms with Crippen molar-refractivity contribution in [3.05, 3.63) is 29.8 Å². The van der Waals surface area contributed by atoms with Crippen LogP contribution in [0.5, 0.6) is 5.75 Å². The first-order valence-electron chi connectivity index (χ1n) is 7.85. The number of hydrogen-bond acceptors (Lipinski definition) is 3. The van der Waals surface area contributed by atoms with Crippen molar-refractivity contribution < 1.29 is 4.74 Å². The van der Waals surface area contributed by atoms with Crippen LogP contribution in [-0.2, 0) is 6.54 Å². The summed E-state index contributed by atoms with van der Waals surface area (Å²) in [6.07, 6.45) is 3.84. The lowest BCUT2D eigenvalue weighted by Crippen LogP contribution is -2.31. The second kappa shape index (κ2) is 7.65. The highest BCUT2D eigenvalue weighted by atomic mass is 16.5. The molecule has 0 unspecified atom stereocenters. The number of nitrogens with two attached hydrogens (primary N) is 1. The Hall–Kier alpha value is -1.06. The number of rotatable bonds is 9. The first kappa shape index (κ1) is 15.3. The van der Waals surface area contributed by atoms with Gasteiger partial charge in [0.05, 0.1) is 6.61 Å². The molecule has 112 valence electrons. The van der Waals surface area contributed by atoms with Gasteiger partial charge < -0.3 is 15.4 Å². The lowest BCUT2D eigenvalue weighted by Gasteiger charge is -2.24. The summed E-state index contributed by atoms with van der Waals surface area (Å²) in [5.41, 5.74) is 6.81. The highest BCUT2D eigenvalue weighted by Gasteiger charge is 2.28.